The Balaban J connectivity index is 1.50. The molecule has 8 nitrogen and oxygen atoms in total. The van der Waals surface area contributed by atoms with Gasteiger partial charge in [0.15, 0.2) is 11.2 Å². The number of aryl methyl sites for hydroxylation is 1. The fraction of sp³-hybridized carbons (Fsp3) is 0.520. The number of imidazole rings is 1. The molecular weight excluding hydrogens is 418 g/mol. The van der Waals surface area contributed by atoms with Crippen molar-refractivity contribution in [3.05, 3.63) is 63.1 Å². The van der Waals surface area contributed by atoms with Crippen LogP contribution in [-0.4, -0.2) is 42.6 Å². The van der Waals surface area contributed by atoms with E-state index in [1.165, 1.54) is 30.3 Å². The number of fused-ring (bicyclic) bond motifs is 2. The maximum atomic E-state index is 13.5. The third-order valence-electron chi connectivity index (χ3n) is 7.45. The Morgan fingerprint density at radius 2 is 1.79 bits per heavy atom. The van der Waals surface area contributed by atoms with E-state index < -0.39 is 11.2 Å². The van der Waals surface area contributed by atoms with Crippen LogP contribution >= 0.6 is 0 Å². The molecule has 1 saturated heterocycles. The summed E-state index contributed by atoms with van der Waals surface area (Å²) in [6, 6.07) is 9.62. The molecule has 2 aliphatic rings. The zero-order valence-corrected chi connectivity index (χ0v) is 19.2. The van der Waals surface area contributed by atoms with Gasteiger partial charge in [-0.1, -0.05) is 49.6 Å². The molecule has 33 heavy (non-hydrogen) atoms. The molecule has 174 valence electrons. The second-order valence-corrected chi connectivity index (χ2v) is 9.38. The first-order valence-electron chi connectivity index (χ1n) is 12.1. The molecule has 0 N–H and O–H groups in total. The molecule has 2 fully saturated rings. The highest BCUT2D eigenvalue weighted by Gasteiger charge is 2.33. The van der Waals surface area contributed by atoms with Gasteiger partial charge in [0.25, 0.3) is 5.56 Å². The lowest BCUT2D eigenvalue weighted by Gasteiger charge is -2.41. The van der Waals surface area contributed by atoms with Gasteiger partial charge in [-0.05, 0) is 37.2 Å². The largest absolute Gasteiger partial charge is 0.341 e. The highest BCUT2D eigenvalue weighted by Crippen LogP contribution is 2.36. The summed E-state index contributed by atoms with van der Waals surface area (Å²) in [5.41, 5.74) is 0.732. The first-order chi connectivity index (χ1) is 16.1. The lowest BCUT2D eigenvalue weighted by molar-refractivity contribution is -0.135. The monoisotopic (exact) mass is 449 g/mol. The van der Waals surface area contributed by atoms with Crippen LogP contribution in [0.2, 0.25) is 0 Å². The van der Waals surface area contributed by atoms with Gasteiger partial charge in [0, 0.05) is 19.6 Å². The molecule has 8 heteroatoms. The van der Waals surface area contributed by atoms with E-state index in [1.54, 1.807) is 10.9 Å². The summed E-state index contributed by atoms with van der Waals surface area (Å²) in [7, 11) is 0. The highest BCUT2D eigenvalue weighted by atomic mass is 16.2. The quantitative estimate of drug-likeness (QED) is 0.599. The molecule has 1 aliphatic carbocycles. The second-order valence-electron chi connectivity index (χ2n) is 9.38. The molecule has 0 spiro atoms. The van der Waals surface area contributed by atoms with Crippen molar-refractivity contribution in [1.82, 2.24) is 23.6 Å². The van der Waals surface area contributed by atoms with E-state index in [0.29, 0.717) is 42.6 Å². The van der Waals surface area contributed by atoms with Crippen LogP contribution in [0.1, 0.15) is 44.6 Å². The zero-order chi connectivity index (χ0) is 22.9. The number of amides is 1. The lowest BCUT2D eigenvalue weighted by Crippen LogP contribution is -2.49. The van der Waals surface area contributed by atoms with Crippen LogP contribution in [0.3, 0.4) is 0 Å². The molecule has 0 radical (unpaired) electrons. The molecule has 5 rings (SSSR count). The summed E-state index contributed by atoms with van der Waals surface area (Å²) in [6.07, 6.45) is 7.55. The number of rotatable bonds is 5. The topological polar surface area (TPSA) is 82.1 Å². The van der Waals surface area contributed by atoms with Crippen LogP contribution in [0.4, 0.5) is 0 Å². The average molecular weight is 450 g/mol. The van der Waals surface area contributed by atoms with Crippen molar-refractivity contribution < 1.29 is 4.79 Å². The van der Waals surface area contributed by atoms with E-state index in [-0.39, 0.29) is 12.5 Å². The van der Waals surface area contributed by atoms with Crippen molar-refractivity contribution in [2.45, 2.75) is 58.7 Å². The van der Waals surface area contributed by atoms with Crippen LogP contribution in [0, 0.1) is 11.8 Å². The summed E-state index contributed by atoms with van der Waals surface area (Å²) >= 11 is 0. The number of likely N-dealkylation sites (tertiary alicyclic amines) is 1. The number of aromatic nitrogens is 4. The van der Waals surface area contributed by atoms with Crippen molar-refractivity contribution in [3.63, 3.8) is 0 Å². The normalized spacial score (nSPS) is 20.7. The third kappa shape index (κ3) is 4.03. The standard InChI is InChI=1S/C25H31N5O3/c1-2-27-17-26-23-22(27)24(32)30(25(33)29(23)14-18-8-4-3-5-9-18)16-21(31)28-13-12-19-10-6-7-11-20(19)15-28/h3-5,8-9,17,19-20H,2,6-7,10-16H2,1H3/t19-,20+/m0/s1. The minimum atomic E-state index is -0.487. The van der Waals surface area contributed by atoms with Gasteiger partial charge in [-0.3, -0.25) is 14.2 Å². The Labute approximate surface area is 192 Å². The minimum Gasteiger partial charge on any atom is -0.341 e. The molecule has 1 aromatic carbocycles. The average Bonchev–Trinajstić information content (AvgIpc) is 3.29. The summed E-state index contributed by atoms with van der Waals surface area (Å²) in [6.45, 7) is 4.00. The molecule has 2 atom stereocenters. The van der Waals surface area contributed by atoms with Gasteiger partial charge >= 0.3 is 5.69 Å². The maximum absolute atomic E-state index is 13.5. The van der Waals surface area contributed by atoms with Gasteiger partial charge in [0.2, 0.25) is 5.91 Å². The highest BCUT2D eigenvalue weighted by molar-refractivity contribution is 5.77. The van der Waals surface area contributed by atoms with E-state index in [2.05, 4.69) is 4.98 Å². The van der Waals surface area contributed by atoms with Gasteiger partial charge in [0.05, 0.1) is 12.9 Å². The molecule has 3 aromatic rings. The van der Waals surface area contributed by atoms with Crippen molar-refractivity contribution >= 4 is 17.1 Å². The van der Waals surface area contributed by atoms with Gasteiger partial charge < -0.3 is 9.47 Å². The van der Waals surface area contributed by atoms with E-state index in [0.717, 1.165) is 23.1 Å². The number of piperidine rings is 1. The Morgan fingerprint density at radius 3 is 2.55 bits per heavy atom. The van der Waals surface area contributed by atoms with Gasteiger partial charge in [0.1, 0.15) is 6.54 Å². The van der Waals surface area contributed by atoms with E-state index in [4.69, 9.17) is 0 Å². The molecule has 1 amide bonds. The van der Waals surface area contributed by atoms with E-state index in [9.17, 15) is 14.4 Å². The first-order valence-corrected chi connectivity index (χ1v) is 12.1. The van der Waals surface area contributed by atoms with Gasteiger partial charge in [-0.25, -0.2) is 14.3 Å². The molecular formula is C25H31N5O3. The van der Waals surface area contributed by atoms with Crippen LogP contribution in [-0.2, 0) is 24.4 Å². The Hall–Kier alpha value is -3.16. The molecule has 1 saturated carbocycles. The van der Waals surface area contributed by atoms with Crippen LogP contribution in [0.5, 0.6) is 0 Å². The van der Waals surface area contributed by atoms with Crippen molar-refractivity contribution in [2.24, 2.45) is 11.8 Å². The fourth-order valence-electron chi connectivity index (χ4n) is 5.59. The summed E-state index contributed by atoms with van der Waals surface area (Å²) in [4.78, 5) is 46.3. The van der Waals surface area contributed by atoms with Gasteiger partial charge in [-0.15, -0.1) is 0 Å². The number of carbonyl (C=O) groups excluding carboxylic acids is 1. The SMILES string of the molecule is CCn1cnc2c1c(=O)n(CC(=O)N1CC[C@@H]3CCCC[C@@H]3C1)c(=O)n2Cc1ccccc1. The van der Waals surface area contributed by atoms with Crippen LogP contribution in [0.25, 0.3) is 11.2 Å². The maximum Gasteiger partial charge on any atom is 0.333 e. The number of nitrogens with zero attached hydrogens (tertiary/aromatic N) is 5. The third-order valence-corrected chi connectivity index (χ3v) is 7.45. The predicted octanol–water partition coefficient (Wildman–Crippen LogP) is 2.47. The second kappa shape index (κ2) is 9.00. The van der Waals surface area contributed by atoms with E-state index >= 15 is 0 Å². The number of carbonyl (C=O) groups is 1. The minimum absolute atomic E-state index is 0.147. The number of hydrogen-bond acceptors (Lipinski definition) is 4. The Morgan fingerprint density at radius 1 is 1.03 bits per heavy atom. The predicted molar refractivity (Wildman–Crippen MR) is 126 cm³/mol. The van der Waals surface area contributed by atoms with E-state index in [1.807, 2.05) is 42.2 Å². The van der Waals surface area contributed by atoms with Gasteiger partial charge in [-0.2, -0.15) is 0 Å². The molecule has 1 aliphatic heterocycles. The Kier molecular flexibility index (Phi) is 5.91. The van der Waals surface area contributed by atoms with Crippen molar-refractivity contribution in [1.29, 1.82) is 0 Å². The first kappa shape index (κ1) is 21.7. The summed E-state index contributed by atoms with van der Waals surface area (Å²) in [5.74, 6) is 1.11. The smallest absolute Gasteiger partial charge is 0.333 e. The molecule has 2 aromatic heterocycles. The van der Waals surface area contributed by atoms with Crippen LogP contribution < -0.4 is 11.2 Å². The van der Waals surface area contributed by atoms with Crippen molar-refractivity contribution in [3.8, 4) is 0 Å². The fourth-order valence-corrected chi connectivity index (χ4v) is 5.59. The molecule has 0 unspecified atom stereocenters. The molecule has 3 heterocycles. The Bertz CT molecular complexity index is 1270. The lowest BCUT2D eigenvalue weighted by atomic mass is 9.75. The number of benzene rings is 1. The summed E-state index contributed by atoms with van der Waals surface area (Å²) < 4.78 is 4.36. The summed E-state index contributed by atoms with van der Waals surface area (Å²) in [5, 5.41) is 0. The molecule has 0 bridgehead atoms. The van der Waals surface area contributed by atoms with Crippen molar-refractivity contribution in [2.75, 3.05) is 13.1 Å². The zero-order valence-electron chi connectivity index (χ0n) is 19.2. The van der Waals surface area contributed by atoms with Crippen LogP contribution in [0.15, 0.2) is 46.2 Å². The number of hydrogen-bond donors (Lipinski definition) is 0.